The second kappa shape index (κ2) is 79.5. The van der Waals surface area contributed by atoms with E-state index in [1.54, 1.807) is 6.08 Å². The van der Waals surface area contributed by atoms with Gasteiger partial charge < -0.3 is 20.3 Å². The van der Waals surface area contributed by atoms with Crippen molar-refractivity contribution < 1.29 is 24.5 Å². The molecule has 0 fully saturated rings. The Bertz CT molecular complexity index is 1460. The summed E-state index contributed by atoms with van der Waals surface area (Å²) < 4.78 is 5.50. The standard InChI is InChI=1S/C84H161NO5/c1-3-5-7-9-11-13-15-17-19-20-42-45-49-52-56-60-64-68-72-76-82(87)81(80-86)85-83(88)77-73-69-65-61-57-53-50-46-43-40-38-36-34-32-30-28-26-24-22-21-23-25-27-29-31-33-35-37-39-41-44-47-51-55-59-63-67-71-75-79-90-84(89)78-74-70-66-62-58-54-48-18-16-14-12-10-8-6-4-2/h12,14,18,48,72,76,81-82,86-87H,3-11,13,15-17,19-47,49-71,73-75,77-80H2,1-2H3,(H,85,88)/b14-12-,48-18-,76-72+. The smallest absolute Gasteiger partial charge is 0.305 e. The van der Waals surface area contributed by atoms with Crippen LogP contribution in [0.1, 0.15) is 463 Å². The summed E-state index contributed by atoms with van der Waals surface area (Å²) in [4.78, 5) is 24.6. The summed E-state index contributed by atoms with van der Waals surface area (Å²) in [5, 5.41) is 23.3. The van der Waals surface area contributed by atoms with Crippen molar-refractivity contribution in [3.05, 3.63) is 36.5 Å². The fraction of sp³-hybridized carbons (Fsp3) is 0.905. The zero-order valence-corrected chi connectivity index (χ0v) is 61.1. The van der Waals surface area contributed by atoms with E-state index in [0.717, 1.165) is 51.4 Å². The molecular formula is C84H161NO5. The maximum atomic E-state index is 12.5. The number of ether oxygens (including phenoxy) is 1. The molecule has 0 saturated carbocycles. The van der Waals surface area contributed by atoms with E-state index in [0.29, 0.717) is 19.4 Å². The molecule has 0 aliphatic carbocycles. The molecule has 532 valence electrons. The molecule has 6 heteroatoms. The van der Waals surface area contributed by atoms with Crippen molar-refractivity contribution >= 4 is 11.9 Å². The van der Waals surface area contributed by atoms with Gasteiger partial charge in [-0.05, 0) is 64.2 Å². The maximum Gasteiger partial charge on any atom is 0.305 e. The summed E-state index contributed by atoms with van der Waals surface area (Å²) in [7, 11) is 0. The number of aliphatic hydroxyl groups excluding tert-OH is 2. The molecule has 0 aromatic heterocycles. The second-order valence-corrected chi connectivity index (χ2v) is 28.5. The van der Waals surface area contributed by atoms with Gasteiger partial charge in [0.25, 0.3) is 0 Å². The first-order valence-corrected chi connectivity index (χ1v) is 41.3. The van der Waals surface area contributed by atoms with Crippen molar-refractivity contribution in [3.63, 3.8) is 0 Å². The van der Waals surface area contributed by atoms with E-state index in [9.17, 15) is 19.8 Å². The van der Waals surface area contributed by atoms with Gasteiger partial charge in [-0.1, -0.05) is 423 Å². The predicted octanol–water partition coefficient (Wildman–Crippen LogP) is 27.4. The molecule has 0 radical (unpaired) electrons. The first-order chi connectivity index (χ1) is 44.5. The summed E-state index contributed by atoms with van der Waals surface area (Å²) in [6.07, 6.45) is 104. The zero-order chi connectivity index (χ0) is 64.9. The number of amides is 1. The number of aliphatic hydroxyl groups is 2. The minimum atomic E-state index is -0.841. The minimum absolute atomic E-state index is 0.0104. The second-order valence-electron chi connectivity index (χ2n) is 28.5. The van der Waals surface area contributed by atoms with Crippen LogP contribution in [0.5, 0.6) is 0 Å². The van der Waals surface area contributed by atoms with Crippen LogP contribution in [0.15, 0.2) is 36.5 Å². The summed E-state index contributed by atoms with van der Waals surface area (Å²) in [5.41, 5.74) is 0. The summed E-state index contributed by atoms with van der Waals surface area (Å²) in [6.45, 7) is 4.92. The minimum Gasteiger partial charge on any atom is -0.466 e. The van der Waals surface area contributed by atoms with E-state index in [4.69, 9.17) is 4.74 Å². The van der Waals surface area contributed by atoms with Crippen molar-refractivity contribution in [1.82, 2.24) is 5.32 Å². The van der Waals surface area contributed by atoms with Gasteiger partial charge >= 0.3 is 5.97 Å². The monoisotopic (exact) mass is 1260 g/mol. The van der Waals surface area contributed by atoms with Gasteiger partial charge in [0, 0.05) is 12.8 Å². The van der Waals surface area contributed by atoms with Crippen LogP contribution in [0.4, 0.5) is 0 Å². The first kappa shape index (κ1) is 88.1. The molecule has 1 amide bonds. The van der Waals surface area contributed by atoms with Crippen LogP contribution < -0.4 is 5.32 Å². The molecule has 0 saturated heterocycles. The summed E-state index contributed by atoms with van der Waals surface area (Å²) in [5.74, 6) is -0.0471. The van der Waals surface area contributed by atoms with Crippen LogP contribution in [0.3, 0.4) is 0 Å². The van der Waals surface area contributed by atoms with Gasteiger partial charge in [0.1, 0.15) is 0 Å². The molecule has 0 bridgehead atoms. The maximum absolute atomic E-state index is 12.5. The molecule has 0 aliphatic rings. The lowest BCUT2D eigenvalue weighted by Gasteiger charge is -2.20. The van der Waals surface area contributed by atoms with Crippen LogP contribution in [-0.2, 0) is 14.3 Å². The molecule has 3 N–H and O–H groups in total. The number of hydrogen-bond donors (Lipinski definition) is 3. The Kier molecular flexibility index (Phi) is 77.8. The van der Waals surface area contributed by atoms with Gasteiger partial charge in [-0.15, -0.1) is 0 Å². The Morgan fingerprint density at radius 3 is 0.867 bits per heavy atom. The van der Waals surface area contributed by atoms with Crippen molar-refractivity contribution in [2.45, 2.75) is 475 Å². The van der Waals surface area contributed by atoms with Crippen molar-refractivity contribution in [2.24, 2.45) is 0 Å². The van der Waals surface area contributed by atoms with Crippen LogP contribution in [-0.4, -0.2) is 47.4 Å². The lowest BCUT2D eigenvalue weighted by atomic mass is 10.0. The molecular weight excluding hydrogens is 1100 g/mol. The molecule has 0 heterocycles. The van der Waals surface area contributed by atoms with Gasteiger partial charge in [0.15, 0.2) is 0 Å². The number of rotatable bonds is 78. The van der Waals surface area contributed by atoms with Gasteiger partial charge in [0.05, 0.1) is 25.4 Å². The number of allylic oxidation sites excluding steroid dienone is 5. The van der Waals surface area contributed by atoms with Crippen LogP contribution in [0.25, 0.3) is 0 Å². The predicted molar refractivity (Wildman–Crippen MR) is 398 cm³/mol. The Morgan fingerprint density at radius 2 is 0.556 bits per heavy atom. The molecule has 0 aromatic rings. The fourth-order valence-corrected chi connectivity index (χ4v) is 13.1. The van der Waals surface area contributed by atoms with E-state index in [-0.39, 0.29) is 18.5 Å². The van der Waals surface area contributed by atoms with E-state index in [1.807, 2.05) is 6.08 Å². The highest BCUT2D eigenvalue weighted by Crippen LogP contribution is 2.20. The number of carbonyl (C=O) groups excluding carboxylic acids is 2. The molecule has 0 spiro atoms. The van der Waals surface area contributed by atoms with Crippen LogP contribution in [0, 0.1) is 0 Å². The third-order valence-electron chi connectivity index (χ3n) is 19.4. The first-order valence-electron chi connectivity index (χ1n) is 41.3. The zero-order valence-electron chi connectivity index (χ0n) is 61.1. The Morgan fingerprint density at radius 1 is 0.311 bits per heavy atom. The summed E-state index contributed by atoms with van der Waals surface area (Å²) in [6, 6.07) is -0.624. The molecule has 90 heavy (non-hydrogen) atoms. The average molecular weight is 1270 g/mol. The van der Waals surface area contributed by atoms with E-state index in [1.165, 1.54) is 385 Å². The van der Waals surface area contributed by atoms with Gasteiger partial charge in [-0.2, -0.15) is 0 Å². The van der Waals surface area contributed by atoms with Crippen LogP contribution >= 0.6 is 0 Å². The Labute approximate surface area is 564 Å². The highest BCUT2D eigenvalue weighted by atomic mass is 16.5. The number of unbranched alkanes of at least 4 members (excludes halogenated alkanes) is 63. The number of esters is 1. The highest BCUT2D eigenvalue weighted by Gasteiger charge is 2.18. The average Bonchev–Trinajstić information content (AvgIpc) is 3.62. The van der Waals surface area contributed by atoms with E-state index < -0.39 is 12.1 Å². The van der Waals surface area contributed by atoms with Crippen molar-refractivity contribution in [1.29, 1.82) is 0 Å². The number of hydrogen-bond acceptors (Lipinski definition) is 5. The Hall–Kier alpha value is -1.92. The van der Waals surface area contributed by atoms with Crippen molar-refractivity contribution in [3.8, 4) is 0 Å². The number of nitrogens with one attached hydrogen (secondary N) is 1. The van der Waals surface area contributed by atoms with Gasteiger partial charge in [-0.25, -0.2) is 0 Å². The third kappa shape index (κ3) is 75.1. The highest BCUT2D eigenvalue weighted by molar-refractivity contribution is 5.76. The fourth-order valence-electron chi connectivity index (χ4n) is 13.1. The molecule has 2 unspecified atom stereocenters. The largest absolute Gasteiger partial charge is 0.466 e. The lowest BCUT2D eigenvalue weighted by Crippen LogP contribution is -2.45. The van der Waals surface area contributed by atoms with Gasteiger partial charge in [-0.3, -0.25) is 9.59 Å². The quantitative estimate of drug-likeness (QED) is 0.0320. The molecule has 0 rings (SSSR count). The molecule has 6 nitrogen and oxygen atoms in total. The Balaban J connectivity index is 3.31. The molecule has 0 aromatic carbocycles. The topological polar surface area (TPSA) is 95.9 Å². The number of carbonyl (C=O) groups is 2. The normalized spacial score (nSPS) is 12.6. The lowest BCUT2D eigenvalue weighted by molar-refractivity contribution is -0.143. The third-order valence-corrected chi connectivity index (χ3v) is 19.4. The van der Waals surface area contributed by atoms with Gasteiger partial charge in [0.2, 0.25) is 5.91 Å². The molecule has 2 atom stereocenters. The van der Waals surface area contributed by atoms with Crippen LogP contribution in [0.2, 0.25) is 0 Å². The summed E-state index contributed by atoms with van der Waals surface area (Å²) >= 11 is 0. The van der Waals surface area contributed by atoms with Crippen molar-refractivity contribution in [2.75, 3.05) is 13.2 Å². The molecule has 0 aliphatic heterocycles. The van der Waals surface area contributed by atoms with E-state index in [2.05, 4.69) is 43.5 Å². The van der Waals surface area contributed by atoms with E-state index >= 15 is 0 Å². The SMILES string of the molecule is CCCCC/C=C\C/C=C\CCCCCCCC(=O)OCCCCCCCCCCCCCCCCCCCCCCCCCCCCCCCCCCCCCCCCCC(=O)NC(CO)C(O)/C=C/CCCCCCCCCCCCCCCCCCC.